The van der Waals surface area contributed by atoms with Crippen molar-refractivity contribution >= 4 is 11.8 Å². The zero-order chi connectivity index (χ0) is 19.9. The van der Waals surface area contributed by atoms with Crippen LogP contribution in [0.5, 0.6) is 0 Å². The minimum absolute atomic E-state index is 0.00631. The van der Waals surface area contributed by atoms with Gasteiger partial charge in [0.25, 0.3) is 0 Å². The fourth-order valence-electron chi connectivity index (χ4n) is 3.85. The van der Waals surface area contributed by atoms with Crippen LogP contribution in [0.1, 0.15) is 30.0 Å². The molecule has 0 bridgehead atoms. The van der Waals surface area contributed by atoms with Crippen LogP contribution in [0.25, 0.3) is 0 Å². The third kappa shape index (κ3) is 5.42. The highest BCUT2D eigenvalue weighted by Gasteiger charge is 2.37. The first-order valence-electron chi connectivity index (χ1n) is 9.95. The molecule has 1 aliphatic heterocycles. The van der Waals surface area contributed by atoms with E-state index in [0.29, 0.717) is 32.5 Å². The van der Waals surface area contributed by atoms with Crippen LogP contribution >= 0.6 is 0 Å². The summed E-state index contributed by atoms with van der Waals surface area (Å²) >= 11 is 0. The number of likely N-dealkylation sites (tertiary alicyclic amines) is 1. The van der Waals surface area contributed by atoms with E-state index in [2.05, 4.69) is 27.7 Å². The summed E-state index contributed by atoms with van der Waals surface area (Å²) in [6, 6.07) is 17.9. The predicted molar refractivity (Wildman–Crippen MR) is 111 cm³/mol. The molecule has 3 rings (SSSR count). The molecule has 2 amide bonds. The number of carbonyl (C=O) groups is 2. The highest BCUT2D eigenvalue weighted by atomic mass is 16.2. The summed E-state index contributed by atoms with van der Waals surface area (Å²) in [7, 11) is 0. The largest absolute Gasteiger partial charge is 0.355 e. The van der Waals surface area contributed by atoms with Crippen LogP contribution in [0.4, 0.5) is 0 Å². The van der Waals surface area contributed by atoms with E-state index in [1.165, 1.54) is 5.56 Å². The molecule has 0 spiro atoms. The zero-order valence-electron chi connectivity index (χ0n) is 16.7. The van der Waals surface area contributed by atoms with E-state index in [0.717, 1.165) is 11.1 Å². The molecule has 1 saturated heterocycles. The first-order chi connectivity index (χ1) is 13.5. The van der Waals surface area contributed by atoms with Crippen molar-refractivity contribution in [3.05, 3.63) is 71.3 Å². The summed E-state index contributed by atoms with van der Waals surface area (Å²) in [5.41, 5.74) is 3.33. The number of hydrogen-bond donors (Lipinski definition) is 2. The Morgan fingerprint density at radius 1 is 1.07 bits per heavy atom. The lowest BCUT2D eigenvalue weighted by Crippen LogP contribution is -2.42. The molecule has 0 saturated carbocycles. The maximum atomic E-state index is 12.5. The number of nitrogens with one attached hydrogen (secondary N) is 2. The molecule has 1 heterocycles. The molecule has 2 atom stereocenters. The Bertz CT molecular complexity index is 807. The molecule has 28 heavy (non-hydrogen) atoms. The lowest BCUT2D eigenvalue weighted by molar-refractivity contribution is -0.125. The van der Waals surface area contributed by atoms with Crippen molar-refractivity contribution in [1.82, 2.24) is 15.5 Å². The molecule has 2 aromatic carbocycles. The van der Waals surface area contributed by atoms with Gasteiger partial charge in [0.05, 0.1) is 12.5 Å². The number of carbonyl (C=O) groups excluding carboxylic acids is 2. The Hall–Kier alpha value is -2.66. The van der Waals surface area contributed by atoms with Crippen LogP contribution in [-0.2, 0) is 22.6 Å². The highest BCUT2D eigenvalue weighted by Crippen LogP contribution is 2.21. The van der Waals surface area contributed by atoms with Crippen molar-refractivity contribution in [3.63, 3.8) is 0 Å². The summed E-state index contributed by atoms with van der Waals surface area (Å²) in [5.74, 6) is 0.0423. The molecular weight excluding hydrogens is 350 g/mol. The molecule has 5 nitrogen and oxygen atoms in total. The van der Waals surface area contributed by atoms with Gasteiger partial charge in [-0.2, -0.15) is 0 Å². The van der Waals surface area contributed by atoms with Crippen LogP contribution < -0.4 is 10.6 Å². The first-order valence-corrected chi connectivity index (χ1v) is 9.95. The van der Waals surface area contributed by atoms with Gasteiger partial charge in [-0.25, -0.2) is 0 Å². The van der Waals surface area contributed by atoms with Crippen LogP contribution in [-0.4, -0.2) is 41.9 Å². The first kappa shape index (κ1) is 20.1. The van der Waals surface area contributed by atoms with Crippen molar-refractivity contribution in [1.29, 1.82) is 0 Å². The van der Waals surface area contributed by atoms with Crippen LogP contribution in [0.2, 0.25) is 0 Å². The minimum Gasteiger partial charge on any atom is -0.355 e. The van der Waals surface area contributed by atoms with E-state index in [1.54, 1.807) is 0 Å². The fourth-order valence-corrected chi connectivity index (χ4v) is 3.85. The zero-order valence-corrected chi connectivity index (χ0v) is 16.7. The van der Waals surface area contributed by atoms with Crippen molar-refractivity contribution in [2.24, 2.45) is 0 Å². The maximum Gasteiger partial charge on any atom is 0.237 e. The Balaban J connectivity index is 1.63. The topological polar surface area (TPSA) is 61.4 Å². The summed E-state index contributed by atoms with van der Waals surface area (Å²) in [4.78, 5) is 27.2. The van der Waals surface area contributed by atoms with Gasteiger partial charge in [0.15, 0.2) is 0 Å². The van der Waals surface area contributed by atoms with Gasteiger partial charge in [-0.3, -0.25) is 14.5 Å². The standard InChI is InChI=1S/C23H29N3O2/c1-3-24-23(28)21-14-20(16-26(21)15-18-9-5-4-6-10-18)25-22(27)13-19-11-7-8-17(2)12-19/h4-12,20-21H,3,13-16H2,1-2H3,(H,24,28)(H,25,27)/t20-,21+/m1/s1. The van der Waals surface area contributed by atoms with Gasteiger partial charge in [0, 0.05) is 25.7 Å². The van der Waals surface area contributed by atoms with E-state index in [1.807, 2.05) is 56.3 Å². The van der Waals surface area contributed by atoms with Crippen molar-refractivity contribution in [2.45, 2.75) is 45.3 Å². The summed E-state index contributed by atoms with van der Waals surface area (Å²) < 4.78 is 0. The van der Waals surface area contributed by atoms with Crippen LogP contribution in [0.15, 0.2) is 54.6 Å². The van der Waals surface area contributed by atoms with E-state index >= 15 is 0 Å². The lowest BCUT2D eigenvalue weighted by atomic mass is 10.1. The molecule has 0 radical (unpaired) electrons. The Morgan fingerprint density at radius 3 is 2.54 bits per heavy atom. The molecule has 2 aromatic rings. The lowest BCUT2D eigenvalue weighted by Gasteiger charge is -2.23. The monoisotopic (exact) mass is 379 g/mol. The Labute approximate surface area is 167 Å². The number of aryl methyl sites for hydroxylation is 1. The Kier molecular flexibility index (Phi) is 6.82. The molecule has 0 aliphatic carbocycles. The maximum absolute atomic E-state index is 12.5. The number of amides is 2. The number of hydrogen-bond acceptors (Lipinski definition) is 3. The van der Waals surface area contributed by atoms with Crippen LogP contribution in [0.3, 0.4) is 0 Å². The van der Waals surface area contributed by atoms with Gasteiger partial charge < -0.3 is 10.6 Å². The van der Waals surface area contributed by atoms with Crippen molar-refractivity contribution < 1.29 is 9.59 Å². The number of rotatable bonds is 7. The summed E-state index contributed by atoms with van der Waals surface area (Å²) in [6.45, 7) is 5.94. The van der Waals surface area contributed by atoms with E-state index in [4.69, 9.17) is 0 Å². The average Bonchev–Trinajstić information content (AvgIpc) is 3.05. The third-order valence-electron chi connectivity index (χ3n) is 5.10. The molecule has 1 fully saturated rings. The second-order valence-corrected chi connectivity index (χ2v) is 7.49. The summed E-state index contributed by atoms with van der Waals surface area (Å²) in [5, 5.41) is 6.06. The predicted octanol–water partition coefficient (Wildman–Crippen LogP) is 2.43. The minimum atomic E-state index is -0.218. The SMILES string of the molecule is CCNC(=O)[C@@H]1C[C@@H](NC(=O)Cc2cccc(C)c2)CN1Cc1ccccc1. The molecule has 1 aliphatic rings. The van der Waals surface area contributed by atoms with Crippen LogP contribution in [0, 0.1) is 6.92 Å². The van der Waals surface area contributed by atoms with E-state index in [9.17, 15) is 9.59 Å². The fraction of sp³-hybridized carbons (Fsp3) is 0.391. The van der Waals surface area contributed by atoms with Gasteiger partial charge in [-0.05, 0) is 31.4 Å². The van der Waals surface area contributed by atoms with Gasteiger partial charge in [0.1, 0.15) is 0 Å². The number of nitrogens with zero attached hydrogens (tertiary/aromatic N) is 1. The average molecular weight is 380 g/mol. The van der Waals surface area contributed by atoms with Crippen molar-refractivity contribution in [2.75, 3.05) is 13.1 Å². The molecule has 2 N–H and O–H groups in total. The van der Waals surface area contributed by atoms with Crippen molar-refractivity contribution in [3.8, 4) is 0 Å². The smallest absolute Gasteiger partial charge is 0.237 e. The van der Waals surface area contributed by atoms with Gasteiger partial charge in [0.2, 0.25) is 11.8 Å². The third-order valence-corrected chi connectivity index (χ3v) is 5.10. The molecule has 148 valence electrons. The highest BCUT2D eigenvalue weighted by molar-refractivity contribution is 5.83. The molecular formula is C23H29N3O2. The number of benzene rings is 2. The van der Waals surface area contributed by atoms with E-state index in [-0.39, 0.29) is 23.9 Å². The second kappa shape index (κ2) is 9.51. The molecule has 5 heteroatoms. The van der Waals surface area contributed by atoms with Gasteiger partial charge in [-0.1, -0.05) is 60.2 Å². The summed E-state index contributed by atoms with van der Waals surface area (Å²) in [6.07, 6.45) is 1.00. The number of likely N-dealkylation sites (N-methyl/N-ethyl adjacent to an activating group) is 1. The quantitative estimate of drug-likeness (QED) is 0.777. The van der Waals surface area contributed by atoms with Gasteiger partial charge in [-0.15, -0.1) is 0 Å². The second-order valence-electron chi connectivity index (χ2n) is 7.49. The normalized spacial score (nSPS) is 19.4. The molecule has 0 unspecified atom stereocenters. The Morgan fingerprint density at radius 2 is 1.82 bits per heavy atom. The van der Waals surface area contributed by atoms with Gasteiger partial charge >= 0.3 is 0 Å². The molecule has 0 aromatic heterocycles. The van der Waals surface area contributed by atoms with E-state index < -0.39 is 0 Å².